The van der Waals surface area contributed by atoms with Crippen LogP contribution in [0.1, 0.15) is 29.6 Å². The second-order valence-corrected chi connectivity index (χ2v) is 8.14. The van der Waals surface area contributed by atoms with E-state index in [1.807, 2.05) is 0 Å². The number of carboxylic acid groups (broad SMARTS) is 1. The van der Waals surface area contributed by atoms with E-state index in [1.165, 1.54) is 12.1 Å². The van der Waals surface area contributed by atoms with Crippen molar-refractivity contribution in [3.05, 3.63) is 33.3 Å². The van der Waals surface area contributed by atoms with Crippen molar-refractivity contribution < 1.29 is 32.7 Å². The highest BCUT2D eigenvalue weighted by molar-refractivity contribution is 9.10. The van der Waals surface area contributed by atoms with Crippen LogP contribution in [0.3, 0.4) is 0 Å². The lowest BCUT2D eigenvalue weighted by Gasteiger charge is -2.28. The van der Waals surface area contributed by atoms with Gasteiger partial charge < -0.3 is 10.0 Å². The molecule has 146 valence electrons. The predicted molar refractivity (Wildman–Crippen MR) is 92.4 cm³/mol. The zero-order valence-corrected chi connectivity index (χ0v) is 16.1. The van der Waals surface area contributed by atoms with Gasteiger partial charge in [0.05, 0.1) is 5.02 Å². The number of aliphatic carboxylic acids is 1. The molecule has 1 unspecified atom stereocenters. The summed E-state index contributed by atoms with van der Waals surface area (Å²) in [5.74, 6) is -4.12. The number of carboxylic acids is 1. The monoisotopic (exact) mass is 467 g/mol. The fourth-order valence-electron chi connectivity index (χ4n) is 3.41. The van der Waals surface area contributed by atoms with Crippen molar-refractivity contribution in [2.75, 3.05) is 6.54 Å². The van der Waals surface area contributed by atoms with E-state index in [2.05, 4.69) is 15.9 Å². The molecule has 1 aliphatic carbocycles. The minimum absolute atomic E-state index is 0.139. The average molecular weight is 469 g/mol. The summed E-state index contributed by atoms with van der Waals surface area (Å²) in [6, 6.07) is 3.05. The molecule has 1 N–H and O–H groups in total. The number of benzene rings is 1. The molecule has 1 heterocycles. The number of nitrogens with zero attached hydrogens (tertiary/aromatic N) is 1. The third kappa shape index (κ3) is 3.47. The molecule has 1 aromatic carbocycles. The number of rotatable bonds is 4. The Labute approximate surface area is 165 Å². The molecule has 10 heteroatoms. The van der Waals surface area contributed by atoms with Crippen molar-refractivity contribution >= 4 is 45.2 Å². The average Bonchev–Trinajstić information content (AvgIpc) is 3.26. The van der Waals surface area contributed by atoms with Gasteiger partial charge in [-0.05, 0) is 37.5 Å². The van der Waals surface area contributed by atoms with Gasteiger partial charge in [-0.25, -0.2) is 4.79 Å². The number of carbonyl (C=O) groups excluding carboxylic acids is 2. The van der Waals surface area contributed by atoms with Gasteiger partial charge in [0.15, 0.2) is 5.78 Å². The third-order valence-corrected chi connectivity index (χ3v) is 5.92. The first-order valence-electron chi connectivity index (χ1n) is 8.08. The molecule has 0 bridgehead atoms. The van der Waals surface area contributed by atoms with E-state index in [9.17, 15) is 32.7 Å². The number of ketones is 1. The van der Waals surface area contributed by atoms with Crippen molar-refractivity contribution in [2.24, 2.45) is 11.3 Å². The van der Waals surface area contributed by atoms with E-state index >= 15 is 0 Å². The standard InChI is InChI=1S/C17H14BrClF3NO4/c18-9-1-2-10(11(19)6-9)13(24)8-5-12(14(25)26)23(7-8)15(27)16(3-4-16)17(20,21)22/h1-2,6,8,12H,3-5,7H2,(H,25,26)/t8?,12-/m0/s1. The molecule has 3 rings (SSSR count). The van der Waals surface area contributed by atoms with Crippen molar-refractivity contribution in [2.45, 2.75) is 31.5 Å². The first-order valence-corrected chi connectivity index (χ1v) is 9.25. The minimum atomic E-state index is -4.75. The number of likely N-dealkylation sites (tertiary alicyclic amines) is 1. The molecule has 2 fully saturated rings. The molecule has 1 saturated carbocycles. The summed E-state index contributed by atoms with van der Waals surface area (Å²) in [5.41, 5.74) is -2.38. The lowest BCUT2D eigenvalue weighted by atomic mass is 9.95. The fraction of sp³-hybridized carbons (Fsp3) is 0.471. The Hall–Kier alpha value is -1.61. The fourth-order valence-corrected chi connectivity index (χ4v) is 4.18. The Morgan fingerprint density at radius 3 is 2.37 bits per heavy atom. The van der Waals surface area contributed by atoms with Gasteiger partial charge in [0.25, 0.3) is 0 Å². The maximum atomic E-state index is 13.3. The topological polar surface area (TPSA) is 74.7 Å². The third-order valence-electron chi connectivity index (χ3n) is 5.12. The van der Waals surface area contributed by atoms with E-state index in [1.54, 1.807) is 6.07 Å². The molecule has 1 amide bonds. The van der Waals surface area contributed by atoms with Crippen molar-refractivity contribution in [3.8, 4) is 0 Å². The van der Waals surface area contributed by atoms with Crippen LogP contribution in [0.4, 0.5) is 13.2 Å². The van der Waals surface area contributed by atoms with Crippen LogP contribution in [-0.2, 0) is 9.59 Å². The second-order valence-electron chi connectivity index (χ2n) is 6.81. The number of alkyl halides is 3. The molecule has 0 spiro atoms. The first-order chi connectivity index (χ1) is 12.5. The number of hydrogen-bond donors (Lipinski definition) is 1. The largest absolute Gasteiger partial charge is 0.480 e. The SMILES string of the molecule is O=C(c1ccc(Br)cc1Cl)C1C[C@@H](C(=O)O)N(C(=O)C2(C(F)(F)F)CC2)C1. The zero-order valence-electron chi connectivity index (χ0n) is 13.7. The summed E-state index contributed by atoms with van der Waals surface area (Å²) < 4.78 is 40.4. The molecule has 5 nitrogen and oxygen atoms in total. The van der Waals surface area contributed by atoms with Gasteiger partial charge in [0.2, 0.25) is 5.91 Å². The van der Waals surface area contributed by atoms with Crippen molar-refractivity contribution in [1.82, 2.24) is 4.90 Å². The molecule has 1 aliphatic heterocycles. The molecule has 27 heavy (non-hydrogen) atoms. The van der Waals surface area contributed by atoms with E-state index in [-0.39, 0.29) is 36.4 Å². The van der Waals surface area contributed by atoms with E-state index < -0.39 is 41.2 Å². The summed E-state index contributed by atoms with van der Waals surface area (Å²) in [6.07, 6.45) is -5.73. The molecule has 0 aromatic heterocycles. The van der Waals surface area contributed by atoms with Crippen molar-refractivity contribution in [1.29, 1.82) is 0 Å². The van der Waals surface area contributed by atoms with Gasteiger partial charge in [0, 0.05) is 22.5 Å². The van der Waals surface area contributed by atoms with Crippen LogP contribution in [0, 0.1) is 11.3 Å². The Balaban J connectivity index is 1.86. The number of carbonyl (C=O) groups is 3. The quantitative estimate of drug-likeness (QED) is 0.680. The Kier molecular flexibility index (Phi) is 5.05. The van der Waals surface area contributed by atoms with Crippen LogP contribution >= 0.6 is 27.5 Å². The van der Waals surface area contributed by atoms with Crippen LogP contribution in [0.5, 0.6) is 0 Å². The van der Waals surface area contributed by atoms with E-state index in [4.69, 9.17) is 11.6 Å². The zero-order chi connectivity index (χ0) is 20.1. The van der Waals surface area contributed by atoms with Gasteiger partial charge in [0.1, 0.15) is 11.5 Å². The van der Waals surface area contributed by atoms with Gasteiger partial charge >= 0.3 is 12.1 Å². The molecule has 2 atom stereocenters. The number of hydrogen-bond acceptors (Lipinski definition) is 3. The lowest BCUT2D eigenvalue weighted by Crippen LogP contribution is -2.48. The smallest absolute Gasteiger partial charge is 0.403 e. The summed E-state index contributed by atoms with van der Waals surface area (Å²) >= 11 is 9.25. The van der Waals surface area contributed by atoms with Gasteiger partial charge in [-0.15, -0.1) is 0 Å². The van der Waals surface area contributed by atoms with Gasteiger partial charge in [-0.3, -0.25) is 9.59 Å². The maximum absolute atomic E-state index is 13.3. The Morgan fingerprint density at radius 1 is 1.26 bits per heavy atom. The summed E-state index contributed by atoms with van der Waals surface area (Å²) in [6.45, 7) is -0.376. The molecular formula is C17H14BrClF3NO4. The Bertz CT molecular complexity index is 825. The summed E-state index contributed by atoms with van der Waals surface area (Å²) in [4.78, 5) is 37.4. The van der Waals surface area contributed by atoms with Crippen LogP contribution < -0.4 is 0 Å². The normalized spacial score (nSPS) is 24.0. The number of Topliss-reactive ketones (excluding diaryl/α,β-unsaturated/α-hetero) is 1. The number of halogens is 5. The van der Waals surface area contributed by atoms with Crippen molar-refractivity contribution in [3.63, 3.8) is 0 Å². The number of amides is 1. The summed E-state index contributed by atoms with van der Waals surface area (Å²) in [5, 5.41) is 9.50. The molecular weight excluding hydrogens is 455 g/mol. The Morgan fingerprint density at radius 2 is 1.89 bits per heavy atom. The predicted octanol–water partition coefficient (Wildman–Crippen LogP) is 3.93. The van der Waals surface area contributed by atoms with Crippen LogP contribution in [0.25, 0.3) is 0 Å². The highest BCUT2D eigenvalue weighted by Gasteiger charge is 2.70. The molecule has 1 aromatic rings. The van der Waals surface area contributed by atoms with Crippen LogP contribution in [0.15, 0.2) is 22.7 Å². The van der Waals surface area contributed by atoms with E-state index in [0.29, 0.717) is 9.37 Å². The molecule has 0 radical (unpaired) electrons. The maximum Gasteiger partial charge on any atom is 0.403 e. The lowest BCUT2D eigenvalue weighted by molar-refractivity contribution is -0.199. The second kappa shape index (κ2) is 6.77. The van der Waals surface area contributed by atoms with Crippen LogP contribution in [-0.4, -0.2) is 46.4 Å². The highest BCUT2D eigenvalue weighted by Crippen LogP contribution is 2.59. The molecule has 1 saturated heterocycles. The molecule has 2 aliphatic rings. The minimum Gasteiger partial charge on any atom is -0.480 e. The summed E-state index contributed by atoms with van der Waals surface area (Å²) in [7, 11) is 0. The van der Waals surface area contributed by atoms with Gasteiger partial charge in [-0.1, -0.05) is 27.5 Å². The highest BCUT2D eigenvalue weighted by atomic mass is 79.9. The van der Waals surface area contributed by atoms with Crippen LogP contribution in [0.2, 0.25) is 5.02 Å². The first kappa shape index (κ1) is 20.1. The van der Waals surface area contributed by atoms with E-state index in [0.717, 1.165) is 0 Å². The van der Waals surface area contributed by atoms with Gasteiger partial charge in [-0.2, -0.15) is 13.2 Å².